The van der Waals surface area contributed by atoms with Gasteiger partial charge in [-0.05, 0) is 24.3 Å². The Bertz CT molecular complexity index is 1300. The lowest BCUT2D eigenvalue weighted by atomic mass is 10.1. The average Bonchev–Trinajstić information content (AvgIpc) is 3.15. The van der Waals surface area contributed by atoms with Gasteiger partial charge in [0.05, 0.1) is 21.1 Å². The van der Waals surface area contributed by atoms with Crippen LogP contribution in [0.5, 0.6) is 0 Å². The summed E-state index contributed by atoms with van der Waals surface area (Å²) in [5, 5.41) is 0.316. The van der Waals surface area contributed by atoms with E-state index >= 15 is 0 Å². The highest BCUT2D eigenvalue weighted by Gasteiger charge is 2.30. The topological polar surface area (TPSA) is 92.1 Å². The van der Waals surface area contributed by atoms with Crippen LogP contribution in [0.2, 0.25) is 10.0 Å². The lowest BCUT2D eigenvalue weighted by molar-refractivity contribution is 0.0533. The van der Waals surface area contributed by atoms with Crippen molar-refractivity contribution in [3.63, 3.8) is 0 Å². The maximum absolute atomic E-state index is 13.1. The average molecular weight is 481 g/mol. The number of pyridine rings is 1. The van der Waals surface area contributed by atoms with Crippen LogP contribution < -0.4 is 0 Å². The maximum Gasteiger partial charge on any atom is 0.274 e. The first kappa shape index (κ1) is 21.6. The molecule has 0 N–H and O–H groups in total. The van der Waals surface area contributed by atoms with E-state index in [4.69, 9.17) is 23.2 Å². The van der Waals surface area contributed by atoms with E-state index in [0.717, 1.165) is 6.26 Å². The maximum atomic E-state index is 13.1. The van der Waals surface area contributed by atoms with Crippen molar-refractivity contribution >= 4 is 50.4 Å². The summed E-state index contributed by atoms with van der Waals surface area (Å²) in [7, 11) is -3.63. The van der Waals surface area contributed by atoms with Gasteiger partial charge in [-0.1, -0.05) is 35.3 Å². The zero-order valence-electron chi connectivity index (χ0n) is 16.5. The Hall–Kier alpha value is -2.62. The Kier molecular flexibility index (Phi) is 5.67. The summed E-state index contributed by atoms with van der Waals surface area (Å²) in [6.45, 7) is 1.17. The number of halogens is 2. The molecule has 3 aromatic rings. The Labute approximate surface area is 188 Å². The molecule has 162 valence electrons. The number of sulfone groups is 1. The van der Waals surface area contributed by atoms with E-state index in [1.807, 2.05) is 0 Å². The van der Waals surface area contributed by atoms with Gasteiger partial charge in [0.1, 0.15) is 0 Å². The summed E-state index contributed by atoms with van der Waals surface area (Å²) in [5.74, 6) is -0.641. The van der Waals surface area contributed by atoms with Gasteiger partial charge in [0, 0.05) is 38.6 Å². The van der Waals surface area contributed by atoms with Crippen LogP contribution in [0, 0.1) is 0 Å². The highest BCUT2D eigenvalue weighted by Crippen LogP contribution is 2.27. The molecular formula is C20H18Cl2N4O4S. The van der Waals surface area contributed by atoms with Crippen LogP contribution >= 0.6 is 23.2 Å². The molecule has 1 saturated heterocycles. The molecule has 1 aromatic carbocycles. The van der Waals surface area contributed by atoms with Crippen LogP contribution in [0.25, 0.3) is 5.52 Å². The quantitative estimate of drug-likeness (QED) is 0.574. The third-order valence-corrected chi connectivity index (χ3v) is 6.86. The molecule has 0 unspecified atom stereocenters. The number of fused-ring (bicyclic) bond motifs is 1. The SMILES string of the molecule is CS(=O)(=O)c1nc(C(=O)N2CCN(C(=O)c3cccc(Cl)c3Cl)CC2)c2ccccn12. The summed E-state index contributed by atoms with van der Waals surface area (Å²) in [4.78, 5) is 33.2. The molecule has 3 heterocycles. The molecule has 31 heavy (non-hydrogen) atoms. The number of carbonyl (C=O) groups is 2. The fourth-order valence-electron chi connectivity index (χ4n) is 3.53. The summed E-state index contributed by atoms with van der Waals surface area (Å²) in [5.41, 5.74) is 0.794. The van der Waals surface area contributed by atoms with E-state index in [1.165, 1.54) is 4.40 Å². The molecule has 0 saturated carbocycles. The lowest BCUT2D eigenvalue weighted by Gasteiger charge is -2.34. The van der Waals surface area contributed by atoms with E-state index in [1.54, 1.807) is 52.4 Å². The molecule has 1 aliphatic rings. The summed E-state index contributed by atoms with van der Waals surface area (Å²) in [6, 6.07) is 9.91. The second-order valence-electron chi connectivity index (χ2n) is 7.16. The van der Waals surface area contributed by atoms with Crippen molar-refractivity contribution in [1.82, 2.24) is 19.2 Å². The second kappa shape index (κ2) is 8.14. The lowest BCUT2D eigenvalue weighted by Crippen LogP contribution is -2.50. The van der Waals surface area contributed by atoms with Gasteiger partial charge in [0.15, 0.2) is 5.69 Å². The van der Waals surface area contributed by atoms with Gasteiger partial charge in [-0.3, -0.25) is 14.0 Å². The Morgan fingerprint density at radius 3 is 2.23 bits per heavy atom. The number of hydrogen-bond acceptors (Lipinski definition) is 5. The van der Waals surface area contributed by atoms with Gasteiger partial charge in [0.25, 0.3) is 11.8 Å². The molecule has 8 nitrogen and oxygen atoms in total. The molecule has 2 amide bonds. The smallest absolute Gasteiger partial charge is 0.274 e. The molecular weight excluding hydrogens is 463 g/mol. The van der Waals surface area contributed by atoms with Gasteiger partial charge in [-0.15, -0.1) is 0 Å². The van der Waals surface area contributed by atoms with Crippen molar-refractivity contribution in [2.45, 2.75) is 5.16 Å². The van der Waals surface area contributed by atoms with Crippen molar-refractivity contribution in [3.8, 4) is 0 Å². The van der Waals surface area contributed by atoms with E-state index in [0.29, 0.717) is 29.2 Å². The Morgan fingerprint density at radius 1 is 0.935 bits per heavy atom. The van der Waals surface area contributed by atoms with Gasteiger partial charge in [-0.2, -0.15) is 0 Å². The number of aromatic nitrogens is 2. The fourth-order valence-corrected chi connectivity index (χ4v) is 4.69. The highest BCUT2D eigenvalue weighted by atomic mass is 35.5. The second-order valence-corrected chi connectivity index (χ2v) is 9.85. The number of carbonyl (C=O) groups excluding carboxylic acids is 2. The van der Waals surface area contributed by atoms with Gasteiger partial charge < -0.3 is 9.80 Å². The molecule has 0 spiro atoms. The van der Waals surface area contributed by atoms with Gasteiger partial charge in [-0.25, -0.2) is 13.4 Å². The minimum absolute atomic E-state index is 0.0682. The van der Waals surface area contributed by atoms with Crippen LogP contribution in [0.1, 0.15) is 20.8 Å². The molecule has 1 fully saturated rings. The molecule has 4 rings (SSSR count). The molecule has 11 heteroatoms. The number of benzene rings is 1. The molecule has 0 aliphatic carbocycles. The zero-order valence-corrected chi connectivity index (χ0v) is 18.8. The number of nitrogens with zero attached hydrogens (tertiary/aromatic N) is 4. The molecule has 0 bridgehead atoms. The Balaban J connectivity index is 1.54. The third kappa shape index (κ3) is 4.00. The van der Waals surface area contributed by atoms with Crippen LogP contribution in [-0.4, -0.2) is 71.9 Å². The standard InChI is InChI=1S/C20H18Cl2N4O4S/c1-31(29,30)20-23-17(15-7-2-3-8-26(15)20)19(28)25-11-9-24(10-12-25)18(27)13-5-4-6-14(21)16(13)22/h2-8H,9-12H2,1H3. The molecule has 0 radical (unpaired) electrons. The first-order valence-corrected chi connectivity index (χ1v) is 12.0. The number of rotatable bonds is 3. The number of piperazine rings is 1. The van der Waals surface area contributed by atoms with Crippen molar-refractivity contribution in [1.29, 1.82) is 0 Å². The van der Waals surface area contributed by atoms with E-state index < -0.39 is 9.84 Å². The normalized spacial score (nSPS) is 14.8. The van der Waals surface area contributed by atoms with Gasteiger partial charge >= 0.3 is 0 Å². The molecule has 0 atom stereocenters. The zero-order chi connectivity index (χ0) is 22.3. The third-order valence-electron chi connectivity index (χ3n) is 5.09. The minimum atomic E-state index is -3.63. The van der Waals surface area contributed by atoms with Crippen LogP contribution in [0.15, 0.2) is 47.8 Å². The largest absolute Gasteiger partial charge is 0.335 e. The van der Waals surface area contributed by atoms with Crippen LogP contribution in [0.3, 0.4) is 0 Å². The van der Waals surface area contributed by atoms with Gasteiger partial charge in [0.2, 0.25) is 15.0 Å². The van der Waals surface area contributed by atoms with Crippen molar-refractivity contribution < 1.29 is 18.0 Å². The monoisotopic (exact) mass is 480 g/mol. The van der Waals surface area contributed by atoms with Crippen molar-refractivity contribution in [2.24, 2.45) is 0 Å². The number of amides is 2. The summed E-state index contributed by atoms with van der Waals surface area (Å²) < 4.78 is 25.6. The van der Waals surface area contributed by atoms with E-state index in [2.05, 4.69) is 4.98 Å². The predicted octanol–water partition coefficient (Wildman–Crippen LogP) is 2.64. The van der Waals surface area contributed by atoms with Crippen molar-refractivity contribution in [2.75, 3.05) is 32.4 Å². The molecule has 1 aliphatic heterocycles. The first-order valence-electron chi connectivity index (χ1n) is 9.38. The fraction of sp³-hybridized carbons (Fsp3) is 0.250. The number of imidazole rings is 1. The predicted molar refractivity (Wildman–Crippen MR) is 117 cm³/mol. The van der Waals surface area contributed by atoms with Crippen molar-refractivity contribution in [3.05, 3.63) is 63.9 Å². The Morgan fingerprint density at radius 2 is 1.58 bits per heavy atom. The highest BCUT2D eigenvalue weighted by molar-refractivity contribution is 7.90. The number of hydrogen-bond donors (Lipinski definition) is 0. The first-order chi connectivity index (χ1) is 14.7. The van der Waals surface area contributed by atoms with E-state index in [-0.39, 0.29) is 40.8 Å². The summed E-state index contributed by atoms with van der Waals surface area (Å²) in [6.07, 6.45) is 2.61. The van der Waals surface area contributed by atoms with Crippen LogP contribution in [0.4, 0.5) is 0 Å². The molecule has 2 aromatic heterocycles. The van der Waals surface area contributed by atoms with Crippen LogP contribution in [-0.2, 0) is 9.84 Å². The van der Waals surface area contributed by atoms with E-state index in [9.17, 15) is 18.0 Å². The minimum Gasteiger partial charge on any atom is -0.335 e. The summed E-state index contributed by atoms with van der Waals surface area (Å²) >= 11 is 12.2.